The Balaban J connectivity index is 2.08. The molecule has 0 heterocycles. The maximum Gasteiger partial charge on any atom is 0.284 e. The second-order valence-electron chi connectivity index (χ2n) is 6.20. The Labute approximate surface area is 163 Å². The highest BCUT2D eigenvalue weighted by atomic mass is 32.2. The molecule has 0 unspecified atom stereocenters. The van der Waals surface area contributed by atoms with E-state index in [2.05, 4.69) is 5.32 Å². The zero-order valence-corrected chi connectivity index (χ0v) is 16.3. The van der Waals surface area contributed by atoms with Gasteiger partial charge in [-0.3, -0.25) is 14.9 Å². The Kier molecular flexibility index (Phi) is 7.78. The van der Waals surface area contributed by atoms with E-state index in [1.807, 2.05) is 43.1 Å². The predicted octanol–water partition coefficient (Wildman–Crippen LogP) is 2.67. The number of aryl methyl sites for hydroxylation is 1. The van der Waals surface area contributed by atoms with Crippen LogP contribution in [0.25, 0.3) is 0 Å². The first kappa shape index (κ1) is 20.9. The number of hydrogen-bond donors (Lipinski definition) is 2. The fourth-order valence-corrected chi connectivity index (χ4v) is 3.32. The van der Waals surface area contributed by atoms with Gasteiger partial charge in [0.1, 0.15) is 0 Å². The fraction of sp³-hybridized carbons (Fsp3) is 0.316. The lowest BCUT2D eigenvalue weighted by molar-refractivity contribution is -0.387. The third kappa shape index (κ3) is 6.35. The van der Waals surface area contributed by atoms with Crippen LogP contribution >= 0.6 is 11.8 Å². The molecule has 2 aromatic carbocycles. The van der Waals surface area contributed by atoms with Gasteiger partial charge in [-0.25, -0.2) is 0 Å². The Morgan fingerprint density at radius 1 is 1.22 bits per heavy atom. The van der Waals surface area contributed by atoms with Crippen molar-refractivity contribution in [3.05, 3.63) is 63.7 Å². The van der Waals surface area contributed by atoms with Gasteiger partial charge in [0.05, 0.1) is 9.82 Å². The number of benzene rings is 2. The van der Waals surface area contributed by atoms with Crippen molar-refractivity contribution in [2.75, 3.05) is 33.2 Å². The zero-order chi connectivity index (χ0) is 19.8. The quantitative estimate of drug-likeness (QED) is 0.506. The lowest BCUT2D eigenvalue weighted by atomic mass is 10.2. The minimum absolute atomic E-state index is 0.0755. The summed E-state index contributed by atoms with van der Waals surface area (Å²) in [6.07, 6.45) is 0. The van der Waals surface area contributed by atoms with Gasteiger partial charge in [-0.05, 0) is 38.2 Å². The van der Waals surface area contributed by atoms with Gasteiger partial charge in [-0.1, -0.05) is 29.5 Å². The molecule has 3 N–H and O–H groups in total. The molecule has 0 saturated heterocycles. The number of likely N-dealkylation sites (N-methyl/N-ethyl adjacent to an activating group) is 1. The molecule has 0 aliphatic carbocycles. The van der Waals surface area contributed by atoms with Crippen LogP contribution in [-0.2, 0) is 0 Å². The monoisotopic (exact) mass is 388 g/mol. The molecule has 0 aromatic heterocycles. The van der Waals surface area contributed by atoms with Crippen molar-refractivity contribution in [2.45, 2.75) is 16.7 Å². The lowest BCUT2D eigenvalue weighted by Crippen LogP contribution is -2.35. The Bertz CT molecular complexity index is 796. The van der Waals surface area contributed by atoms with E-state index in [1.54, 1.807) is 12.1 Å². The molecule has 1 amide bonds. The number of nitrogens with zero attached hydrogens (tertiary/aromatic N) is 2. The molecule has 0 spiro atoms. The average Bonchev–Trinajstić information content (AvgIpc) is 2.64. The molecule has 0 aliphatic heterocycles. The highest BCUT2D eigenvalue weighted by Crippen LogP contribution is 2.35. The summed E-state index contributed by atoms with van der Waals surface area (Å²) in [6.45, 7) is 4.39. The molecular weight excluding hydrogens is 364 g/mol. The second-order valence-corrected chi connectivity index (χ2v) is 7.32. The number of rotatable bonds is 9. The van der Waals surface area contributed by atoms with Crippen molar-refractivity contribution in [3.63, 3.8) is 0 Å². The summed E-state index contributed by atoms with van der Waals surface area (Å²) in [4.78, 5) is 26.7. The van der Waals surface area contributed by atoms with Crippen LogP contribution in [0.4, 0.5) is 5.69 Å². The standard InChI is InChI=1S/C19H24N4O3S/c1-14-3-6-16(7-4-14)27-18-8-5-15(13-17(18)23(25)26)19(24)21-10-12-22(2)11-9-20/h3-8,13H,9-12,20H2,1-2H3,(H,21,24). The number of carbonyl (C=O) groups is 1. The molecule has 8 heteroatoms. The highest BCUT2D eigenvalue weighted by Gasteiger charge is 2.18. The summed E-state index contributed by atoms with van der Waals surface area (Å²) in [7, 11) is 1.92. The van der Waals surface area contributed by atoms with Crippen LogP contribution in [0.5, 0.6) is 0 Å². The number of hydrogen-bond acceptors (Lipinski definition) is 6. The molecule has 0 bridgehead atoms. The normalized spacial score (nSPS) is 10.8. The number of nitrogens with one attached hydrogen (secondary N) is 1. The maximum atomic E-state index is 12.3. The first-order valence-electron chi connectivity index (χ1n) is 8.60. The van der Waals surface area contributed by atoms with E-state index in [9.17, 15) is 14.9 Å². The molecule has 2 aromatic rings. The van der Waals surface area contributed by atoms with Crippen LogP contribution in [0.15, 0.2) is 52.3 Å². The first-order chi connectivity index (χ1) is 12.9. The molecule has 0 aliphatic rings. The summed E-state index contributed by atoms with van der Waals surface area (Å²) in [6, 6.07) is 12.3. The third-order valence-electron chi connectivity index (χ3n) is 3.96. The third-order valence-corrected chi connectivity index (χ3v) is 5.03. The molecular formula is C19H24N4O3S. The Hall–Kier alpha value is -2.42. The van der Waals surface area contributed by atoms with E-state index >= 15 is 0 Å². The van der Waals surface area contributed by atoms with Gasteiger partial charge in [0.25, 0.3) is 11.6 Å². The van der Waals surface area contributed by atoms with Crippen molar-refractivity contribution >= 4 is 23.4 Å². The van der Waals surface area contributed by atoms with E-state index in [0.717, 1.165) is 17.0 Å². The highest BCUT2D eigenvalue weighted by molar-refractivity contribution is 7.99. The minimum Gasteiger partial charge on any atom is -0.351 e. The molecule has 2 rings (SSSR count). The molecule has 0 saturated carbocycles. The first-order valence-corrected chi connectivity index (χ1v) is 9.42. The van der Waals surface area contributed by atoms with Gasteiger partial charge < -0.3 is 16.0 Å². The largest absolute Gasteiger partial charge is 0.351 e. The minimum atomic E-state index is -0.456. The van der Waals surface area contributed by atoms with Gasteiger partial charge >= 0.3 is 0 Å². The van der Waals surface area contributed by atoms with E-state index < -0.39 is 4.92 Å². The van der Waals surface area contributed by atoms with Gasteiger partial charge in [0.15, 0.2) is 0 Å². The van der Waals surface area contributed by atoms with E-state index in [0.29, 0.717) is 24.5 Å². The van der Waals surface area contributed by atoms with Crippen LogP contribution in [0.1, 0.15) is 15.9 Å². The fourth-order valence-electron chi connectivity index (χ4n) is 2.42. The van der Waals surface area contributed by atoms with Gasteiger partial charge in [0.2, 0.25) is 0 Å². The van der Waals surface area contributed by atoms with Gasteiger partial charge in [-0.2, -0.15) is 0 Å². The van der Waals surface area contributed by atoms with Crippen molar-refractivity contribution in [1.29, 1.82) is 0 Å². The molecule has 0 radical (unpaired) electrons. The van der Waals surface area contributed by atoms with E-state index in [4.69, 9.17) is 5.73 Å². The van der Waals surface area contributed by atoms with Gasteiger partial charge in [0, 0.05) is 42.7 Å². The second kappa shape index (κ2) is 10.1. The van der Waals surface area contributed by atoms with Crippen LogP contribution in [0.3, 0.4) is 0 Å². The predicted molar refractivity (Wildman–Crippen MR) is 107 cm³/mol. The Morgan fingerprint density at radius 2 is 1.93 bits per heavy atom. The van der Waals surface area contributed by atoms with Gasteiger partial charge in [-0.15, -0.1) is 0 Å². The summed E-state index contributed by atoms with van der Waals surface area (Å²) in [5.41, 5.74) is 6.80. The molecule has 0 fully saturated rings. The molecule has 144 valence electrons. The summed E-state index contributed by atoms with van der Waals surface area (Å²) in [5, 5.41) is 14.2. The van der Waals surface area contributed by atoms with Crippen LogP contribution in [0, 0.1) is 17.0 Å². The summed E-state index contributed by atoms with van der Waals surface area (Å²) in [5.74, 6) is -0.328. The number of nitro benzene ring substituents is 1. The molecule has 7 nitrogen and oxygen atoms in total. The smallest absolute Gasteiger partial charge is 0.284 e. The summed E-state index contributed by atoms with van der Waals surface area (Å²) >= 11 is 1.31. The average molecular weight is 388 g/mol. The number of carbonyl (C=O) groups excluding carboxylic acids is 1. The number of amides is 1. The molecule has 0 atom stereocenters. The number of nitrogens with two attached hydrogens (primary N) is 1. The SMILES string of the molecule is Cc1ccc(Sc2ccc(C(=O)NCCN(C)CCN)cc2[N+](=O)[O-])cc1. The van der Waals surface area contributed by atoms with Crippen LogP contribution < -0.4 is 11.1 Å². The van der Waals surface area contributed by atoms with Crippen molar-refractivity contribution < 1.29 is 9.72 Å². The number of nitro groups is 1. The van der Waals surface area contributed by atoms with E-state index in [1.165, 1.54) is 17.8 Å². The zero-order valence-electron chi connectivity index (χ0n) is 15.5. The lowest BCUT2D eigenvalue weighted by Gasteiger charge is -2.15. The topological polar surface area (TPSA) is 102 Å². The Morgan fingerprint density at radius 3 is 2.56 bits per heavy atom. The summed E-state index contributed by atoms with van der Waals surface area (Å²) < 4.78 is 0. The van der Waals surface area contributed by atoms with Crippen molar-refractivity contribution in [3.8, 4) is 0 Å². The maximum absolute atomic E-state index is 12.3. The van der Waals surface area contributed by atoms with Crippen molar-refractivity contribution in [1.82, 2.24) is 10.2 Å². The van der Waals surface area contributed by atoms with Crippen LogP contribution in [-0.4, -0.2) is 49.0 Å². The van der Waals surface area contributed by atoms with Crippen molar-refractivity contribution in [2.24, 2.45) is 5.73 Å². The molecule has 27 heavy (non-hydrogen) atoms. The van der Waals surface area contributed by atoms with Crippen LogP contribution in [0.2, 0.25) is 0 Å². The van der Waals surface area contributed by atoms with E-state index in [-0.39, 0.29) is 17.2 Å².